The zero-order valence-corrected chi connectivity index (χ0v) is 10.00. The van der Waals surface area contributed by atoms with Crippen LogP contribution in [0.2, 0.25) is 0 Å². The minimum absolute atomic E-state index is 0.0576. The van der Waals surface area contributed by atoms with E-state index in [0.29, 0.717) is 6.42 Å². The van der Waals surface area contributed by atoms with Crippen LogP contribution < -0.4 is 0 Å². The molecule has 5 nitrogen and oxygen atoms in total. The molecule has 0 atom stereocenters. The molecule has 0 spiro atoms. The lowest BCUT2D eigenvalue weighted by Crippen LogP contribution is -1.99. The molecule has 2 rings (SSSR count). The molecule has 0 saturated heterocycles. The maximum absolute atomic E-state index is 10.6. The second-order valence-corrected chi connectivity index (χ2v) is 4.10. The smallest absolute Gasteiger partial charge is 0.303 e. The second-order valence-electron chi connectivity index (χ2n) is 4.10. The van der Waals surface area contributed by atoms with Crippen molar-refractivity contribution in [3.05, 3.63) is 36.2 Å². The minimum atomic E-state index is -0.836. The summed E-state index contributed by atoms with van der Waals surface area (Å²) in [5, 5.41) is 22.2. The summed E-state index contributed by atoms with van der Waals surface area (Å²) in [7, 11) is 1.80. The first-order valence-corrected chi connectivity index (χ1v) is 5.60. The van der Waals surface area contributed by atoms with E-state index in [1.165, 1.54) is 0 Å². The third-order valence-corrected chi connectivity index (χ3v) is 2.66. The fraction of sp³-hybridized carbons (Fsp3) is 0.231. The number of nitrogens with zero attached hydrogens (tertiary/aromatic N) is 2. The van der Waals surface area contributed by atoms with E-state index in [4.69, 9.17) is 5.11 Å². The van der Waals surface area contributed by atoms with Gasteiger partial charge in [0.25, 0.3) is 0 Å². The molecular weight excluding hydrogens is 232 g/mol. The summed E-state index contributed by atoms with van der Waals surface area (Å²) in [5.74, 6) is -0.632. The molecule has 18 heavy (non-hydrogen) atoms. The number of aromatic nitrogens is 2. The van der Waals surface area contributed by atoms with Crippen molar-refractivity contribution in [3.63, 3.8) is 0 Å². The maximum atomic E-state index is 10.6. The quantitative estimate of drug-likeness (QED) is 0.862. The van der Waals surface area contributed by atoms with E-state index in [0.717, 1.165) is 16.8 Å². The van der Waals surface area contributed by atoms with E-state index in [1.54, 1.807) is 36.0 Å². The van der Waals surface area contributed by atoms with Gasteiger partial charge < -0.3 is 10.2 Å². The average molecular weight is 246 g/mol. The van der Waals surface area contributed by atoms with Gasteiger partial charge in [-0.1, -0.05) is 12.1 Å². The first kappa shape index (κ1) is 12.2. The molecule has 0 aliphatic rings. The number of aliphatic carboxylic acids is 1. The van der Waals surface area contributed by atoms with Gasteiger partial charge in [-0.05, 0) is 17.7 Å². The van der Waals surface area contributed by atoms with Crippen LogP contribution in [0, 0.1) is 0 Å². The standard InChI is InChI=1S/C13H14N2O3/c1-15-8-11(9-2-4-10(16)5-3-9)12(14-15)6-7-13(17)18/h2-5,8,16H,6-7H2,1H3,(H,17,18). The highest BCUT2D eigenvalue weighted by molar-refractivity contribution is 5.69. The van der Waals surface area contributed by atoms with Crippen molar-refractivity contribution in [2.75, 3.05) is 0 Å². The summed E-state index contributed by atoms with van der Waals surface area (Å²) in [5.41, 5.74) is 2.57. The van der Waals surface area contributed by atoms with Crippen molar-refractivity contribution in [2.24, 2.45) is 7.05 Å². The Hall–Kier alpha value is -2.30. The van der Waals surface area contributed by atoms with Gasteiger partial charge in [0.05, 0.1) is 12.1 Å². The van der Waals surface area contributed by atoms with Crippen molar-refractivity contribution in [1.29, 1.82) is 0 Å². The first-order valence-electron chi connectivity index (χ1n) is 5.60. The maximum Gasteiger partial charge on any atom is 0.303 e. The number of phenols is 1. The van der Waals surface area contributed by atoms with Crippen molar-refractivity contribution in [2.45, 2.75) is 12.8 Å². The molecule has 2 aromatic rings. The highest BCUT2D eigenvalue weighted by Gasteiger charge is 2.11. The fourth-order valence-corrected chi connectivity index (χ4v) is 1.83. The molecule has 0 unspecified atom stereocenters. The molecule has 5 heteroatoms. The van der Waals surface area contributed by atoms with E-state index in [-0.39, 0.29) is 12.2 Å². The summed E-state index contributed by atoms with van der Waals surface area (Å²) < 4.78 is 1.67. The summed E-state index contributed by atoms with van der Waals surface area (Å²) >= 11 is 0. The fourth-order valence-electron chi connectivity index (χ4n) is 1.83. The molecule has 1 aromatic carbocycles. The molecular formula is C13H14N2O3. The van der Waals surface area contributed by atoms with Crippen LogP contribution in [0.1, 0.15) is 12.1 Å². The van der Waals surface area contributed by atoms with Crippen LogP contribution in [0.4, 0.5) is 0 Å². The van der Waals surface area contributed by atoms with Crippen LogP contribution in [0.5, 0.6) is 5.75 Å². The highest BCUT2D eigenvalue weighted by Crippen LogP contribution is 2.25. The van der Waals surface area contributed by atoms with E-state index < -0.39 is 5.97 Å². The van der Waals surface area contributed by atoms with Gasteiger partial charge in [0.15, 0.2) is 0 Å². The van der Waals surface area contributed by atoms with Gasteiger partial charge in [0.2, 0.25) is 0 Å². The van der Waals surface area contributed by atoms with Gasteiger partial charge in [-0.25, -0.2) is 0 Å². The summed E-state index contributed by atoms with van der Waals surface area (Å²) in [6.45, 7) is 0. The van der Waals surface area contributed by atoms with Crippen molar-refractivity contribution in [1.82, 2.24) is 9.78 Å². The number of carbonyl (C=O) groups is 1. The summed E-state index contributed by atoms with van der Waals surface area (Å²) in [6.07, 6.45) is 2.30. The molecule has 1 heterocycles. The minimum Gasteiger partial charge on any atom is -0.508 e. The number of aromatic hydroxyl groups is 1. The number of phenolic OH excluding ortho intramolecular Hbond substituents is 1. The molecule has 0 aliphatic heterocycles. The Labute approximate surface area is 104 Å². The SMILES string of the molecule is Cn1cc(-c2ccc(O)cc2)c(CCC(=O)O)n1. The lowest BCUT2D eigenvalue weighted by atomic mass is 10.0. The molecule has 0 radical (unpaired) electrons. The number of hydrogen-bond acceptors (Lipinski definition) is 3. The van der Waals surface area contributed by atoms with E-state index >= 15 is 0 Å². The molecule has 0 saturated carbocycles. The Morgan fingerprint density at radius 1 is 1.33 bits per heavy atom. The van der Waals surface area contributed by atoms with Crippen LogP contribution in [-0.2, 0) is 18.3 Å². The Morgan fingerprint density at radius 2 is 2.00 bits per heavy atom. The summed E-state index contributed by atoms with van der Waals surface area (Å²) in [4.78, 5) is 10.6. The van der Waals surface area contributed by atoms with E-state index in [2.05, 4.69) is 5.10 Å². The number of aryl methyl sites for hydroxylation is 2. The van der Waals surface area contributed by atoms with E-state index in [9.17, 15) is 9.90 Å². The molecule has 2 N–H and O–H groups in total. The van der Waals surface area contributed by atoms with Gasteiger partial charge >= 0.3 is 5.97 Å². The topological polar surface area (TPSA) is 75.4 Å². The molecule has 94 valence electrons. The van der Waals surface area contributed by atoms with Crippen molar-refractivity contribution < 1.29 is 15.0 Å². The van der Waals surface area contributed by atoms with Gasteiger partial charge in [-0.3, -0.25) is 9.48 Å². The van der Waals surface area contributed by atoms with Crippen LogP contribution in [-0.4, -0.2) is 26.0 Å². The Balaban J connectivity index is 2.31. The van der Waals surface area contributed by atoms with Crippen LogP contribution >= 0.6 is 0 Å². The molecule has 1 aromatic heterocycles. The monoisotopic (exact) mass is 246 g/mol. The van der Waals surface area contributed by atoms with Crippen molar-refractivity contribution >= 4 is 5.97 Å². The molecule has 0 bridgehead atoms. The molecule has 0 fully saturated rings. The highest BCUT2D eigenvalue weighted by atomic mass is 16.4. The van der Waals surface area contributed by atoms with Crippen LogP contribution in [0.25, 0.3) is 11.1 Å². The van der Waals surface area contributed by atoms with Crippen LogP contribution in [0.15, 0.2) is 30.5 Å². The lowest BCUT2D eigenvalue weighted by molar-refractivity contribution is -0.136. The third-order valence-electron chi connectivity index (χ3n) is 2.66. The number of benzene rings is 1. The number of rotatable bonds is 4. The molecule has 0 amide bonds. The normalized spacial score (nSPS) is 10.5. The Kier molecular flexibility index (Phi) is 3.32. The van der Waals surface area contributed by atoms with E-state index in [1.807, 2.05) is 6.20 Å². The van der Waals surface area contributed by atoms with Gasteiger partial charge in [0.1, 0.15) is 5.75 Å². The Bertz CT molecular complexity index is 558. The largest absolute Gasteiger partial charge is 0.508 e. The summed E-state index contributed by atoms with van der Waals surface area (Å²) in [6, 6.07) is 6.78. The number of hydrogen-bond donors (Lipinski definition) is 2. The van der Waals surface area contributed by atoms with Gasteiger partial charge in [-0.15, -0.1) is 0 Å². The average Bonchev–Trinajstić information content (AvgIpc) is 2.69. The predicted molar refractivity (Wildman–Crippen MR) is 66.3 cm³/mol. The van der Waals surface area contributed by atoms with Gasteiger partial charge in [-0.2, -0.15) is 5.10 Å². The lowest BCUT2D eigenvalue weighted by Gasteiger charge is -2.01. The third kappa shape index (κ3) is 2.68. The number of carboxylic acids is 1. The number of carboxylic acid groups (broad SMARTS) is 1. The first-order chi connectivity index (χ1) is 8.56. The van der Waals surface area contributed by atoms with Gasteiger partial charge in [0, 0.05) is 25.2 Å². The van der Waals surface area contributed by atoms with Crippen molar-refractivity contribution in [3.8, 4) is 16.9 Å². The second kappa shape index (κ2) is 4.91. The zero-order chi connectivity index (χ0) is 13.1. The zero-order valence-electron chi connectivity index (χ0n) is 10.00. The Morgan fingerprint density at radius 3 is 2.61 bits per heavy atom. The molecule has 0 aliphatic carbocycles. The predicted octanol–water partition coefficient (Wildman–Crippen LogP) is 1.81. The van der Waals surface area contributed by atoms with Crippen LogP contribution in [0.3, 0.4) is 0 Å².